The minimum atomic E-state index is -0.686. The van der Waals surface area contributed by atoms with Gasteiger partial charge in [-0.3, -0.25) is 4.79 Å². The molecule has 0 unspecified atom stereocenters. The molecule has 0 bridgehead atoms. The maximum absolute atomic E-state index is 10.6. The second kappa shape index (κ2) is 5.52. The number of hydrogen-bond acceptors (Lipinski definition) is 2. The average molecular weight is 323 g/mol. The van der Waals surface area contributed by atoms with E-state index in [1.807, 2.05) is 0 Å². The molecule has 16 heavy (non-hydrogen) atoms. The lowest BCUT2D eigenvalue weighted by atomic mass is 10.3. The summed E-state index contributed by atoms with van der Waals surface area (Å²) in [4.78, 5) is 10.6. The molecule has 1 aromatic carbocycles. The SMILES string of the molecule is NC(=O)COc1c(Cl)c(Cl)c(Cl)c(Cl)c1Cl. The monoisotopic (exact) mass is 321 g/mol. The van der Waals surface area contributed by atoms with Gasteiger partial charge in [-0.25, -0.2) is 0 Å². The van der Waals surface area contributed by atoms with Crippen molar-refractivity contribution in [2.45, 2.75) is 0 Å². The number of amides is 1. The van der Waals surface area contributed by atoms with Crippen LogP contribution in [0.5, 0.6) is 5.75 Å². The Morgan fingerprint density at radius 1 is 0.938 bits per heavy atom. The highest BCUT2D eigenvalue weighted by Gasteiger charge is 2.20. The largest absolute Gasteiger partial charge is 0.481 e. The van der Waals surface area contributed by atoms with Crippen molar-refractivity contribution in [3.05, 3.63) is 25.1 Å². The fourth-order valence-corrected chi connectivity index (χ4v) is 2.08. The number of primary amides is 1. The fourth-order valence-electron chi connectivity index (χ4n) is 0.855. The van der Waals surface area contributed by atoms with Gasteiger partial charge in [0.25, 0.3) is 5.91 Å². The minimum absolute atomic E-state index is 0.00259. The smallest absolute Gasteiger partial charge is 0.255 e. The summed E-state index contributed by atoms with van der Waals surface area (Å²) in [7, 11) is 0. The molecule has 0 saturated carbocycles. The highest BCUT2D eigenvalue weighted by atomic mass is 35.5. The van der Waals surface area contributed by atoms with Gasteiger partial charge in [0.15, 0.2) is 12.4 Å². The number of nitrogens with two attached hydrogens (primary N) is 1. The van der Waals surface area contributed by atoms with E-state index in [2.05, 4.69) is 0 Å². The van der Waals surface area contributed by atoms with E-state index in [0.29, 0.717) is 0 Å². The standard InChI is InChI=1S/C8H4Cl5NO2/c9-3-4(10)6(12)8(7(13)5(3)11)16-1-2(14)15/h1H2,(H2,14,15). The van der Waals surface area contributed by atoms with Gasteiger partial charge in [0.1, 0.15) is 10.0 Å². The van der Waals surface area contributed by atoms with Crippen LogP contribution in [-0.4, -0.2) is 12.5 Å². The Hall–Kier alpha value is -0.0600. The van der Waals surface area contributed by atoms with Crippen LogP contribution in [0.1, 0.15) is 0 Å². The maximum Gasteiger partial charge on any atom is 0.255 e. The van der Waals surface area contributed by atoms with Crippen LogP contribution in [0.4, 0.5) is 0 Å². The van der Waals surface area contributed by atoms with Gasteiger partial charge < -0.3 is 10.5 Å². The Morgan fingerprint density at radius 3 is 1.69 bits per heavy atom. The van der Waals surface area contributed by atoms with Crippen molar-refractivity contribution in [3.63, 3.8) is 0 Å². The van der Waals surface area contributed by atoms with Crippen LogP contribution in [0.3, 0.4) is 0 Å². The summed E-state index contributed by atoms with van der Waals surface area (Å²) in [6.07, 6.45) is 0. The Kier molecular flexibility index (Phi) is 4.83. The molecule has 0 saturated heterocycles. The van der Waals surface area contributed by atoms with Crippen LogP contribution in [0, 0.1) is 0 Å². The van der Waals surface area contributed by atoms with E-state index in [0.717, 1.165) is 0 Å². The van der Waals surface area contributed by atoms with E-state index in [-0.39, 0.29) is 30.9 Å². The summed E-state index contributed by atoms with van der Waals surface area (Å²) in [5, 5.41) is -0.0381. The zero-order valence-electron chi connectivity index (χ0n) is 7.49. The zero-order chi connectivity index (χ0) is 12.5. The first-order chi connectivity index (χ1) is 7.36. The Bertz CT molecular complexity index is 420. The molecule has 0 aliphatic rings. The molecule has 2 N–H and O–H groups in total. The van der Waals surface area contributed by atoms with Crippen molar-refractivity contribution in [1.82, 2.24) is 0 Å². The molecule has 0 spiro atoms. The number of benzene rings is 1. The molecule has 0 aliphatic carbocycles. The van der Waals surface area contributed by atoms with Crippen LogP contribution < -0.4 is 10.5 Å². The zero-order valence-corrected chi connectivity index (χ0v) is 11.3. The third-order valence-electron chi connectivity index (χ3n) is 1.53. The highest BCUT2D eigenvalue weighted by molar-refractivity contribution is 6.55. The van der Waals surface area contributed by atoms with Gasteiger partial charge >= 0.3 is 0 Å². The molecule has 1 aromatic rings. The molecular formula is C8H4Cl5NO2. The molecular weight excluding hydrogens is 319 g/mol. The first kappa shape index (κ1) is 14.0. The van der Waals surface area contributed by atoms with Gasteiger partial charge in [0, 0.05) is 0 Å². The third kappa shape index (κ3) is 2.79. The van der Waals surface area contributed by atoms with E-state index in [1.165, 1.54) is 0 Å². The van der Waals surface area contributed by atoms with Gasteiger partial charge in [0.05, 0.1) is 15.1 Å². The average Bonchev–Trinajstić information content (AvgIpc) is 2.23. The highest BCUT2D eigenvalue weighted by Crippen LogP contribution is 2.48. The van der Waals surface area contributed by atoms with E-state index in [9.17, 15) is 4.79 Å². The summed E-state index contributed by atoms with van der Waals surface area (Å²) >= 11 is 28.9. The first-order valence-electron chi connectivity index (χ1n) is 3.78. The normalized spacial score (nSPS) is 10.3. The molecule has 0 atom stereocenters. The molecule has 1 amide bonds. The van der Waals surface area contributed by atoms with Crippen molar-refractivity contribution in [2.75, 3.05) is 6.61 Å². The van der Waals surface area contributed by atoms with E-state index < -0.39 is 12.5 Å². The Balaban J connectivity index is 3.23. The van der Waals surface area contributed by atoms with Crippen LogP contribution >= 0.6 is 58.0 Å². The molecule has 0 fully saturated rings. The fraction of sp³-hybridized carbons (Fsp3) is 0.125. The van der Waals surface area contributed by atoms with E-state index >= 15 is 0 Å². The van der Waals surface area contributed by atoms with Gasteiger partial charge in [-0.2, -0.15) is 0 Å². The van der Waals surface area contributed by atoms with E-state index in [4.69, 9.17) is 68.5 Å². The van der Waals surface area contributed by atoms with Crippen molar-refractivity contribution in [3.8, 4) is 5.75 Å². The molecule has 0 heterocycles. The predicted octanol–water partition coefficient (Wildman–Crippen LogP) is 3.82. The minimum Gasteiger partial charge on any atom is -0.481 e. The Labute approximate surface area is 116 Å². The summed E-state index contributed by atoms with van der Waals surface area (Å²) in [6.45, 7) is -0.395. The summed E-state index contributed by atoms with van der Waals surface area (Å²) in [5.74, 6) is -0.712. The van der Waals surface area contributed by atoms with Gasteiger partial charge in [-0.15, -0.1) is 0 Å². The molecule has 3 nitrogen and oxygen atoms in total. The van der Waals surface area contributed by atoms with Crippen LogP contribution in [0.2, 0.25) is 25.1 Å². The van der Waals surface area contributed by atoms with Gasteiger partial charge in [0.2, 0.25) is 0 Å². The van der Waals surface area contributed by atoms with Crippen LogP contribution in [0.25, 0.3) is 0 Å². The third-order valence-corrected chi connectivity index (χ3v) is 3.77. The van der Waals surface area contributed by atoms with Crippen molar-refractivity contribution in [2.24, 2.45) is 5.73 Å². The molecule has 0 aliphatic heterocycles. The van der Waals surface area contributed by atoms with Crippen LogP contribution in [-0.2, 0) is 4.79 Å². The lowest BCUT2D eigenvalue weighted by molar-refractivity contribution is -0.119. The Morgan fingerprint density at radius 2 is 1.31 bits per heavy atom. The number of carbonyl (C=O) groups excluding carboxylic acids is 1. The molecule has 1 rings (SSSR count). The predicted molar refractivity (Wildman–Crippen MR) is 66.2 cm³/mol. The molecule has 0 aromatic heterocycles. The number of halogens is 5. The number of hydrogen-bond donors (Lipinski definition) is 1. The lowest BCUT2D eigenvalue weighted by Gasteiger charge is -2.12. The quantitative estimate of drug-likeness (QED) is 0.679. The second-order valence-electron chi connectivity index (χ2n) is 2.65. The second-order valence-corrected chi connectivity index (χ2v) is 4.54. The number of carbonyl (C=O) groups is 1. The maximum atomic E-state index is 10.6. The lowest BCUT2D eigenvalue weighted by Crippen LogP contribution is -2.20. The first-order valence-corrected chi connectivity index (χ1v) is 5.67. The van der Waals surface area contributed by atoms with Crippen molar-refractivity contribution < 1.29 is 9.53 Å². The van der Waals surface area contributed by atoms with Gasteiger partial charge in [-0.1, -0.05) is 58.0 Å². The van der Waals surface area contributed by atoms with Crippen molar-refractivity contribution in [1.29, 1.82) is 0 Å². The summed E-state index contributed by atoms with van der Waals surface area (Å²) in [5.41, 5.74) is 4.90. The van der Waals surface area contributed by atoms with Crippen LogP contribution in [0.15, 0.2) is 0 Å². The number of rotatable bonds is 3. The molecule has 88 valence electrons. The van der Waals surface area contributed by atoms with Gasteiger partial charge in [-0.05, 0) is 0 Å². The summed E-state index contributed by atoms with van der Waals surface area (Å²) < 4.78 is 4.98. The van der Waals surface area contributed by atoms with Crippen molar-refractivity contribution >= 4 is 63.9 Å². The van der Waals surface area contributed by atoms with E-state index in [1.54, 1.807) is 0 Å². The molecule has 0 radical (unpaired) electrons. The topological polar surface area (TPSA) is 52.3 Å². The summed E-state index contributed by atoms with van der Waals surface area (Å²) in [6, 6.07) is 0. The molecule has 8 heteroatoms. The number of ether oxygens (including phenoxy) is 1.